The third-order valence-corrected chi connectivity index (χ3v) is 8.26. The molecule has 14 nitrogen and oxygen atoms in total. The van der Waals surface area contributed by atoms with Crippen LogP contribution in [0.25, 0.3) is 0 Å². The highest BCUT2D eigenvalue weighted by Crippen LogP contribution is 2.32. The maximum atomic E-state index is 13.3. The fourth-order valence-corrected chi connectivity index (χ4v) is 5.24. The molecule has 9 atom stereocenters. The molecule has 3 unspecified atom stereocenters. The molecule has 0 saturated carbocycles. The normalized spacial score (nSPS) is 23.2. The van der Waals surface area contributed by atoms with Crippen molar-refractivity contribution in [1.82, 2.24) is 0 Å². The maximum absolute atomic E-state index is 13.3. The van der Waals surface area contributed by atoms with Crippen molar-refractivity contribution in [2.45, 2.75) is 192 Å². The number of rotatable bonds is 28. The molecule has 0 spiro atoms. The fourth-order valence-electron chi connectivity index (χ4n) is 5.24. The second-order valence-corrected chi connectivity index (χ2v) is 12.7. The highest BCUT2D eigenvalue weighted by atomic mass is 16.8. The van der Waals surface area contributed by atoms with E-state index in [2.05, 4.69) is 0 Å². The molecule has 292 valence electrons. The number of unbranched alkanes of at least 4 members (excludes halogenated alkanes) is 9. The second kappa shape index (κ2) is 27.3. The first-order valence-corrected chi connectivity index (χ1v) is 18.6. The molecule has 0 radical (unpaired) electrons. The van der Waals surface area contributed by atoms with E-state index in [-0.39, 0.29) is 25.7 Å². The standard InChI is InChI=1S/C36H64O14/c1-5-9-13-14-18-22-30(42)49-34-33(48-29(41)21-17-12-8-4)32(47-28(40)20-16-11-7-3)26(24-45-27(39)19-15-10-6-2)46-36(34)50-35(44)31(43)25(38)23-37/h25-26,31-38,43-44H,5-24H2,1-4H3/t25-,26-,31-,32-,33+,34+,35?,36?/m1/s1/i22D/t22?,25-,26-,31-,32-,33+,34+,35?,36?. The van der Waals surface area contributed by atoms with Gasteiger partial charge in [-0.3, -0.25) is 19.2 Å². The van der Waals surface area contributed by atoms with Gasteiger partial charge in [-0.1, -0.05) is 91.9 Å². The van der Waals surface area contributed by atoms with E-state index in [4.69, 9.17) is 29.8 Å². The maximum Gasteiger partial charge on any atom is 0.306 e. The van der Waals surface area contributed by atoms with Crippen molar-refractivity contribution in [3.8, 4) is 0 Å². The van der Waals surface area contributed by atoms with Crippen molar-refractivity contribution >= 4 is 23.9 Å². The lowest BCUT2D eigenvalue weighted by Crippen LogP contribution is -2.64. The molecule has 0 aromatic heterocycles. The number of aliphatic hydroxyl groups excluding tert-OH is 4. The van der Waals surface area contributed by atoms with Crippen molar-refractivity contribution in [3.05, 3.63) is 0 Å². The van der Waals surface area contributed by atoms with Gasteiger partial charge in [-0.25, -0.2) is 0 Å². The van der Waals surface area contributed by atoms with Crippen LogP contribution in [-0.2, 0) is 47.6 Å². The van der Waals surface area contributed by atoms with Crippen molar-refractivity contribution in [2.24, 2.45) is 0 Å². The summed E-state index contributed by atoms with van der Waals surface area (Å²) >= 11 is 0. The van der Waals surface area contributed by atoms with Crippen LogP contribution in [-0.4, -0.2) is 107 Å². The van der Waals surface area contributed by atoms with Crippen LogP contribution < -0.4 is 0 Å². The molecule has 50 heavy (non-hydrogen) atoms. The first-order valence-electron chi connectivity index (χ1n) is 19.1. The molecule has 4 N–H and O–H groups in total. The molecule has 0 aromatic carbocycles. The zero-order valence-corrected chi connectivity index (χ0v) is 30.5. The molecule has 0 aromatic rings. The Morgan fingerprint density at radius 3 is 1.66 bits per heavy atom. The van der Waals surface area contributed by atoms with Crippen LogP contribution in [0.5, 0.6) is 0 Å². The molecule has 1 aliphatic rings. The summed E-state index contributed by atoms with van der Waals surface area (Å²) in [5.74, 6) is -3.00. The molecular formula is C36H64O14. The van der Waals surface area contributed by atoms with Gasteiger partial charge < -0.3 is 48.8 Å². The molecule has 1 fully saturated rings. The van der Waals surface area contributed by atoms with Gasteiger partial charge in [-0.05, 0) is 25.7 Å². The lowest BCUT2D eigenvalue weighted by atomic mass is 9.97. The molecular weight excluding hydrogens is 656 g/mol. The Kier molecular flexibility index (Phi) is 23.9. The average Bonchev–Trinajstić information content (AvgIpc) is 3.11. The van der Waals surface area contributed by atoms with Crippen LogP contribution >= 0.6 is 0 Å². The van der Waals surface area contributed by atoms with Crippen LogP contribution in [0.3, 0.4) is 0 Å². The summed E-state index contributed by atoms with van der Waals surface area (Å²) in [5.41, 5.74) is 0. The van der Waals surface area contributed by atoms with Gasteiger partial charge >= 0.3 is 23.9 Å². The van der Waals surface area contributed by atoms with Crippen molar-refractivity contribution in [3.63, 3.8) is 0 Å². The van der Waals surface area contributed by atoms with Crippen LogP contribution in [0.15, 0.2) is 0 Å². The Balaban J connectivity index is 3.62. The van der Waals surface area contributed by atoms with Crippen molar-refractivity contribution in [2.75, 3.05) is 13.2 Å². The van der Waals surface area contributed by atoms with Crippen LogP contribution in [0, 0.1) is 0 Å². The summed E-state index contributed by atoms with van der Waals surface area (Å²) in [6, 6.07) is 0. The molecule has 0 bridgehead atoms. The molecule has 1 saturated heterocycles. The Morgan fingerprint density at radius 1 is 0.640 bits per heavy atom. The Morgan fingerprint density at radius 2 is 1.12 bits per heavy atom. The zero-order valence-electron chi connectivity index (χ0n) is 31.5. The number of carbonyl (C=O) groups is 4. The largest absolute Gasteiger partial charge is 0.463 e. The second-order valence-electron chi connectivity index (χ2n) is 12.7. The predicted octanol–water partition coefficient (Wildman–Crippen LogP) is 4.14. The molecule has 1 aliphatic heterocycles. The predicted molar refractivity (Wildman–Crippen MR) is 181 cm³/mol. The molecule has 1 rings (SSSR count). The highest BCUT2D eigenvalue weighted by molar-refractivity contribution is 5.72. The van der Waals surface area contributed by atoms with E-state index in [1.807, 2.05) is 27.7 Å². The summed E-state index contributed by atoms with van der Waals surface area (Å²) in [7, 11) is 0. The Bertz CT molecular complexity index is 984. The van der Waals surface area contributed by atoms with Crippen LogP contribution in [0.2, 0.25) is 0 Å². The number of ether oxygens (including phenoxy) is 6. The van der Waals surface area contributed by atoms with Crippen LogP contribution in [0.1, 0.15) is 145 Å². The SMILES string of the molecule is [2H]C(CCCCCC)C(=O)O[C@@H]1C(OC(O)[C@H](O)[C@H](O)CO)O[C@H](COC(=O)CCCCC)[C@@H](OC(=O)CCCCC)[C@@H]1OC(=O)CCCCC. The minimum atomic E-state index is -2.23. The van der Waals surface area contributed by atoms with Gasteiger partial charge in [0.1, 0.15) is 24.9 Å². The minimum Gasteiger partial charge on any atom is -0.463 e. The summed E-state index contributed by atoms with van der Waals surface area (Å²) < 4.78 is 42.9. The van der Waals surface area contributed by atoms with E-state index in [1.54, 1.807) is 0 Å². The average molecular weight is 722 g/mol. The number of aliphatic hydroxyl groups is 4. The van der Waals surface area contributed by atoms with Gasteiger partial charge in [0.15, 0.2) is 24.6 Å². The van der Waals surface area contributed by atoms with Gasteiger partial charge in [0.25, 0.3) is 0 Å². The lowest BCUT2D eigenvalue weighted by molar-refractivity contribution is -0.348. The topological polar surface area (TPSA) is 205 Å². The smallest absolute Gasteiger partial charge is 0.306 e. The highest BCUT2D eigenvalue weighted by Gasteiger charge is 2.54. The van der Waals surface area contributed by atoms with Crippen molar-refractivity contribution in [1.29, 1.82) is 0 Å². The summed E-state index contributed by atoms with van der Waals surface area (Å²) in [6.45, 7) is 6.47. The number of hydrogen-bond donors (Lipinski definition) is 4. The van der Waals surface area contributed by atoms with Crippen LogP contribution in [0.4, 0.5) is 0 Å². The quantitative estimate of drug-likeness (QED) is 0.0388. The lowest BCUT2D eigenvalue weighted by Gasteiger charge is -2.45. The van der Waals surface area contributed by atoms with E-state index in [0.29, 0.717) is 25.7 Å². The Hall–Kier alpha value is -2.36. The van der Waals surface area contributed by atoms with Gasteiger partial charge in [-0.2, -0.15) is 0 Å². The van der Waals surface area contributed by atoms with E-state index in [9.17, 15) is 39.6 Å². The number of carbonyl (C=O) groups excluding carboxylic acids is 4. The van der Waals surface area contributed by atoms with Gasteiger partial charge in [0.2, 0.25) is 6.29 Å². The fraction of sp³-hybridized carbons (Fsp3) is 0.889. The first-order chi connectivity index (χ1) is 24.4. The zero-order chi connectivity index (χ0) is 38.2. The number of esters is 4. The number of hydrogen-bond acceptors (Lipinski definition) is 14. The monoisotopic (exact) mass is 721 g/mol. The minimum absolute atomic E-state index is 0.00588. The van der Waals surface area contributed by atoms with Gasteiger partial charge in [0, 0.05) is 27.0 Å². The molecule has 0 amide bonds. The van der Waals surface area contributed by atoms with E-state index >= 15 is 0 Å². The molecule has 14 heteroatoms. The Labute approximate surface area is 298 Å². The van der Waals surface area contributed by atoms with Gasteiger partial charge in [-0.15, -0.1) is 0 Å². The van der Waals surface area contributed by atoms with Gasteiger partial charge in [0.05, 0.1) is 6.61 Å². The molecule has 0 aliphatic carbocycles. The summed E-state index contributed by atoms with van der Waals surface area (Å²) in [5, 5.41) is 40.3. The van der Waals surface area contributed by atoms with Crippen molar-refractivity contribution < 1.29 is 69.4 Å². The first kappa shape index (κ1) is 43.8. The summed E-state index contributed by atoms with van der Waals surface area (Å²) in [6.07, 6.45) is -5.81. The van der Waals surface area contributed by atoms with E-state index in [0.717, 1.165) is 57.8 Å². The third kappa shape index (κ3) is 18.2. The third-order valence-electron chi connectivity index (χ3n) is 8.26. The van der Waals surface area contributed by atoms with E-state index < -0.39 is 92.7 Å². The summed E-state index contributed by atoms with van der Waals surface area (Å²) in [4.78, 5) is 52.3. The molecule has 1 heterocycles. The van der Waals surface area contributed by atoms with E-state index in [1.165, 1.54) is 0 Å².